The van der Waals surface area contributed by atoms with E-state index in [1.54, 1.807) is 17.5 Å². The van der Waals surface area contributed by atoms with Gasteiger partial charge in [0.1, 0.15) is 5.92 Å². The van der Waals surface area contributed by atoms with Crippen LogP contribution in [-0.4, -0.2) is 22.2 Å². The molecule has 0 aromatic carbocycles. The Hall–Kier alpha value is -1.36. The lowest BCUT2D eigenvalue weighted by atomic mass is 10.0. The summed E-state index contributed by atoms with van der Waals surface area (Å²) >= 11 is 1.26. The standard InChI is InChI=1S/C8H8O4S/c9-7(10)4-5(8(11)12)6-2-1-3-13-6/h1-3,5H,4H2,(H,9,10)(H,11,12)/t5-/m1/s1. The van der Waals surface area contributed by atoms with E-state index in [-0.39, 0.29) is 6.42 Å². The highest BCUT2D eigenvalue weighted by atomic mass is 32.1. The van der Waals surface area contributed by atoms with Gasteiger partial charge >= 0.3 is 11.9 Å². The van der Waals surface area contributed by atoms with Gasteiger partial charge in [-0.25, -0.2) is 0 Å². The van der Waals surface area contributed by atoms with Crippen molar-refractivity contribution in [2.75, 3.05) is 0 Å². The summed E-state index contributed by atoms with van der Waals surface area (Å²) in [6, 6.07) is 3.34. The predicted octanol–water partition coefficient (Wildman–Crippen LogP) is 1.39. The van der Waals surface area contributed by atoms with Crippen molar-refractivity contribution in [2.45, 2.75) is 12.3 Å². The van der Waals surface area contributed by atoms with Crippen molar-refractivity contribution in [3.05, 3.63) is 22.4 Å². The molecule has 0 amide bonds. The highest BCUT2D eigenvalue weighted by Crippen LogP contribution is 2.24. The molecule has 13 heavy (non-hydrogen) atoms. The molecule has 1 heterocycles. The van der Waals surface area contributed by atoms with Crippen molar-refractivity contribution in [2.24, 2.45) is 0 Å². The van der Waals surface area contributed by atoms with Gasteiger partial charge in [0.05, 0.1) is 6.42 Å². The van der Waals surface area contributed by atoms with E-state index < -0.39 is 17.9 Å². The smallest absolute Gasteiger partial charge is 0.312 e. The van der Waals surface area contributed by atoms with Crippen LogP contribution in [0.15, 0.2) is 17.5 Å². The molecule has 0 aliphatic rings. The van der Waals surface area contributed by atoms with Gasteiger partial charge in [0, 0.05) is 4.88 Å². The quantitative estimate of drug-likeness (QED) is 0.770. The van der Waals surface area contributed by atoms with E-state index in [1.807, 2.05) is 0 Å². The van der Waals surface area contributed by atoms with E-state index in [9.17, 15) is 9.59 Å². The Morgan fingerprint density at radius 2 is 2.15 bits per heavy atom. The summed E-state index contributed by atoms with van der Waals surface area (Å²) in [7, 11) is 0. The molecule has 0 saturated heterocycles. The van der Waals surface area contributed by atoms with Crippen molar-refractivity contribution in [3.8, 4) is 0 Å². The molecule has 4 nitrogen and oxygen atoms in total. The second-order valence-corrected chi connectivity index (χ2v) is 3.48. The molecular formula is C8H8O4S. The molecule has 0 aliphatic heterocycles. The first-order chi connectivity index (χ1) is 6.11. The number of hydrogen-bond donors (Lipinski definition) is 2. The number of rotatable bonds is 4. The number of carboxylic acid groups (broad SMARTS) is 2. The van der Waals surface area contributed by atoms with Gasteiger partial charge in [-0.1, -0.05) is 6.07 Å². The lowest BCUT2D eigenvalue weighted by molar-refractivity contribution is -0.145. The van der Waals surface area contributed by atoms with Crippen LogP contribution in [0.4, 0.5) is 0 Å². The topological polar surface area (TPSA) is 74.6 Å². The number of aliphatic carboxylic acids is 2. The van der Waals surface area contributed by atoms with Crippen LogP contribution in [0.3, 0.4) is 0 Å². The van der Waals surface area contributed by atoms with Gasteiger partial charge in [-0.05, 0) is 11.4 Å². The van der Waals surface area contributed by atoms with Gasteiger partial charge in [0.25, 0.3) is 0 Å². The molecule has 0 spiro atoms. The first kappa shape index (κ1) is 9.73. The Bertz CT molecular complexity index is 304. The average Bonchev–Trinajstić information content (AvgIpc) is 2.50. The van der Waals surface area contributed by atoms with Crippen molar-refractivity contribution in [1.82, 2.24) is 0 Å². The molecule has 1 rings (SSSR count). The number of hydrogen-bond acceptors (Lipinski definition) is 3. The van der Waals surface area contributed by atoms with Crippen LogP contribution in [0.1, 0.15) is 17.2 Å². The lowest BCUT2D eigenvalue weighted by Gasteiger charge is -2.05. The van der Waals surface area contributed by atoms with Gasteiger partial charge in [-0.3, -0.25) is 9.59 Å². The Balaban J connectivity index is 2.81. The van der Waals surface area contributed by atoms with Crippen molar-refractivity contribution < 1.29 is 19.8 Å². The third kappa shape index (κ3) is 2.55. The Morgan fingerprint density at radius 3 is 2.54 bits per heavy atom. The zero-order valence-electron chi connectivity index (χ0n) is 6.64. The second-order valence-electron chi connectivity index (χ2n) is 2.50. The first-order valence-electron chi connectivity index (χ1n) is 3.59. The van der Waals surface area contributed by atoms with E-state index in [4.69, 9.17) is 10.2 Å². The summed E-state index contributed by atoms with van der Waals surface area (Å²) in [5, 5.41) is 18.9. The summed E-state index contributed by atoms with van der Waals surface area (Å²) in [6.07, 6.45) is -0.365. The third-order valence-electron chi connectivity index (χ3n) is 1.56. The molecule has 1 atom stereocenters. The molecule has 5 heteroatoms. The van der Waals surface area contributed by atoms with E-state index in [2.05, 4.69) is 0 Å². The van der Waals surface area contributed by atoms with E-state index >= 15 is 0 Å². The number of thiophene rings is 1. The molecule has 1 aromatic heterocycles. The molecule has 0 saturated carbocycles. The minimum Gasteiger partial charge on any atom is -0.481 e. The normalized spacial score (nSPS) is 12.3. The lowest BCUT2D eigenvalue weighted by Crippen LogP contribution is -2.14. The van der Waals surface area contributed by atoms with Crippen molar-refractivity contribution >= 4 is 23.3 Å². The molecule has 0 bridgehead atoms. The molecule has 0 aliphatic carbocycles. The molecule has 70 valence electrons. The minimum atomic E-state index is -1.10. The molecule has 1 aromatic rings. The highest BCUT2D eigenvalue weighted by Gasteiger charge is 2.23. The number of carboxylic acids is 2. The zero-order chi connectivity index (χ0) is 9.84. The molecule has 0 radical (unpaired) electrons. The predicted molar refractivity (Wildman–Crippen MR) is 46.9 cm³/mol. The fraction of sp³-hybridized carbons (Fsp3) is 0.250. The van der Waals surface area contributed by atoms with Crippen LogP contribution in [0.5, 0.6) is 0 Å². The third-order valence-corrected chi connectivity index (χ3v) is 2.55. The Morgan fingerprint density at radius 1 is 1.46 bits per heavy atom. The number of carbonyl (C=O) groups is 2. The first-order valence-corrected chi connectivity index (χ1v) is 4.47. The highest BCUT2D eigenvalue weighted by molar-refractivity contribution is 7.10. The summed E-state index contributed by atoms with van der Waals surface area (Å²) in [4.78, 5) is 21.6. The van der Waals surface area contributed by atoms with Gasteiger partial charge in [-0.15, -0.1) is 11.3 Å². The van der Waals surface area contributed by atoms with E-state index in [1.165, 1.54) is 11.3 Å². The van der Waals surface area contributed by atoms with Crippen LogP contribution in [-0.2, 0) is 9.59 Å². The summed E-state index contributed by atoms with van der Waals surface area (Å²) in [6.45, 7) is 0. The van der Waals surface area contributed by atoms with Crippen LogP contribution in [0.25, 0.3) is 0 Å². The van der Waals surface area contributed by atoms with Crippen molar-refractivity contribution in [1.29, 1.82) is 0 Å². The fourth-order valence-electron chi connectivity index (χ4n) is 0.974. The van der Waals surface area contributed by atoms with Crippen molar-refractivity contribution in [3.63, 3.8) is 0 Å². The van der Waals surface area contributed by atoms with Gasteiger partial charge < -0.3 is 10.2 Å². The molecular weight excluding hydrogens is 192 g/mol. The maximum atomic E-state index is 10.7. The monoisotopic (exact) mass is 200 g/mol. The van der Waals surface area contributed by atoms with Gasteiger partial charge in [-0.2, -0.15) is 0 Å². The molecule has 0 fully saturated rings. The summed E-state index contributed by atoms with van der Waals surface area (Å²) < 4.78 is 0. The van der Waals surface area contributed by atoms with E-state index in [0.29, 0.717) is 4.88 Å². The summed E-state index contributed by atoms with van der Waals surface area (Å²) in [5.74, 6) is -3.11. The van der Waals surface area contributed by atoms with Gasteiger partial charge in [0.15, 0.2) is 0 Å². The zero-order valence-corrected chi connectivity index (χ0v) is 7.45. The molecule has 2 N–H and O–H groups in total. The maximum absolute atomic E-state index is 10.7. The van der Waals surface area contributed by atoms with Crippen LogP contribution in [0, 0.1) is 0 Å². The molecule has 0 unspecified atom stereocenters. The SMILES string of the molecule is O=C(O)C[C@@H](C(=O)O)c1cccs1. The Labute approximate surface area is 78.4 Å². The van der Waals surface area contributed by atoms with Gasteiger partial charge in [0.2, 0.25) is 0 Å². The average molecular weight is 200 g/mol. The van der Waals surface area contributed by atoms with Crippen LogP contribution in [0.2, 0.25) is 0 Å². The second kappa shape index (κ2) is 4.04. The van der Waals surface area contributed by atoms with Crippen LogP contribution < -0.4 is 0 Å². The largest absolute Gasteiger partial charge is 0.481 e. The van der Waals surface area contributed by atoms with E-state index in [0.717, 1.165) is 0 Å². The Kier molecular flexibility index (Phi) is 3.02. The maximum Gasteiger partial charge on any atom is 0.312 e. The fourth-order valence-corrected chi connectivity index (χ4v) is 1.79. The van der Waals surface area contributed by atoms with Crippen LogP contribution >= 0.6 is 11.3 Å². The summed E-state index contributed by atoms with van der Waals surface area (Å²) in [5.41, 5.74) is 0. The minimum absolute atomic E-state index is 0.365.